The van der Waals surface area contributed by atoms with E-state index < -0.39 is 10.0 Å². The van der Waals surface area contributed by atoms with E-state index in [1.807, 2.05) is 0 Å². The molecule has 0 aliphatic rings. The largest absolute Gasteiger partial charge is 0.242 e. The summed E-state index contributed by atoms with van der Waals surface area (Å²) in [6.45, 7) is 0.304. The first-order valence-electron chi connectivity index (χ1n) is 4.48. The van der Waals surface area contributed by atoms with Crippen molar-refractivity contribution >= 4 is 49.2 Å². The van der Waals surface area contributed by atoms with Crippen LogP contribution in [0.4, 0.5) is 0 Å². The Hall–Kier alpha value is 0.190. The van der Waals surface area contributed by atoms with Crippen LogP contribution in [0, 0.1) is 0 Å². The van der Waals surface area contributed by atoms with Crippen molar-refractivity contribution in [3.05, 3.63) is 27.7 Å². The third-order valence-electron chi connectivity index (χ3n) is 1.79. The maximum atomic E-state index is 11.8. The first-order chi connectivity index (χ1) is 7.47. The van der Waals surface area contributed by atoms with Crippen LogP contribution in [0.3, 0.4) is 0 Å². The predicted molar refractivity (Wildman–Crippen MR) is 69.7 cm³/mol. The van der Waals surface area contributed by atoms with Gasteiger partial charge in [0.1, 0.15) is 4.90 Å². The number of nitrogens with one attached hydrogen (secondary N) is 1. The van der Waals surface area contributed by atoms with Gasteiger partial charge in [-0.05, 0) is 24.6 Å². The zero-order valence-corrected chi connectivity index (χ0v) is 12.1. The van der Waals surface area contributed by atoms with Crippen LogP contribution < -0.4 is 4.72 Å². The van der Waals surface area contributed by atoms with Crippen molar-refractivity contribution in [1.29, 1.82) is 0 Å². The lowest BCUT2D eigenvalue weighted by Gasteiger charge is -2.07. The first kappa shape index (κ1) is 14.3. The Bertz CT molecular complexity index is 465. The van der Waals surface area contributed by atoms with Gasteiger partial charge in [0.05, 0.1) is 5.02 Å². The third-order valence-corrected chi connectivity index (χ3v) is 4.49. The Morgan fingerprint density at radius 1 is 1.38 bits per heavy atom. The van der Waals surface area contributed by atoms with Crippen LogP contribution in [0.25, 0.3) is 0 Å². The summed E-state index contributed by atoms with van der Waals surface area (Å²) in [5.74, 6) is 0.413. The van der Waals surface area contributed by atoms with Crippen LogP contribution in [-0.2, 0) is 10.0 Å². The number of hydrogen-bond donors (Lipinski definition) is 1. The fourth-order valence-electron chi connectivity index (χ4n) is 1.04. The molecule has 0 aliphatic heterocycles. The highest BCUT2D eigenvalue weighted by Gasteiger charge is 2.16. The molecule has 0 amide bonds. The Morgan fingerprint density at radius 2 is 2.06 bits per heavy atom. The van der Waals surface area contributed by atoms with E-state index in [1.54, 1.807) is 6.07 Å². The van der Waals surface area contributed by atoms with E-state index in [0.717, 1.165) is 4.47 Å². The number of rotatable bonds is 5. The molecule has 7 heteroatoms. The van der Waals surface area contributed by atoms with Crippen molar-refractivity contribution in [3.63, 3.8) is 0 Å². The van der Waals surface area contributed by atoms with Gasteiger partial charge in [0.2, 0.25) is 10.0 Å². The summed E-state index contributed by atoms with van der Waals surface area (Å²) in [5.41, 5.74) is 0. The van der Waals surface area contributed by atoms with E-state index in [2.05, 4.69) is 20.7 Å². The monoisotopic (exact) mass is 345 g/mol. The van der Waals surface area contributed by atoms with E-state index in [1.165, 1.54) is 12.1 Å². The quantitative estimate of drug-likeness (QED) is 0.658. The smallest absolute Gasteiger partial charge is 0.211 e. The number of sulfonamides is 1. The summed E-state index contributed by atoms with van der Waals surface area (Å²) >= 11 is 14.5. The third kappa shape index (κ3) is 3.89. The van der Waals surface area contributed by atoms with Crippen molar-refractivity contribution in [2.45, 2.75) is 11.3 Å². The second-order valence-electron chi connectivity index (χ2n) is 3.02. The molecule has 1 aromatic rings. The van der Waals surface area contributed by atoms with Crippen molar-refractivity contribution in [3.8, 4) is 0 Å². The summed E-state index contributed by atoms with van der Waals surface area (Å²) in [6.07, 6.45) is 0.578. The molecule has 0 aliphatic carbocycles. The van der Waals surface area contributed by atoms with Gasteiger partial charge in [0.15, 0.2) is 0 Å². The van der Waals surface area contributed by atoms with E-state index in [4.69, 9.17) is 23.2 Å². The lowest BCUT2D eigenvalue weighted by Crippen LogP contribution is -2.25. The Labute approximate surface area is 113 Å². The summed E-state index contributed by atoms with van der Waals surface area (Å²) in [7, 11) is -3.54. The highest BCUT2D eigenvalue weighted by molar-refractivity contribution is 9.10. The predicted octanol–water partition coefficient (Wildman–Crippen LogP) is 3.01. The number of benzene rings is 1. The Kier molecular flexibility index (Phi) is 5.53. The van der Waals surface area contributed by atoms with Crippen molar-refractivity contribution < 1.29 is 8.42 Å². The molecule has 90 valence electrons. The van der Waals surface area contributed by atoms with Crippen LogP contribution in [0.2, 0.25) is 5.02 Å². The van der Waals surface area contributed by atoms with Crippen LogP contribution in [0.1, 0.15) is 6.42 Å². The van der Waals surface area contributed by atoms with Gasteiger partial charge in [0.25, 0.3) is 0 Å². The minimum Gasteiger partial charge on any atom is -0.211 e. The van der Waals surface area contributed by atoms with Gasteiger partial charge >= 0.3 is 0 Å². The second kappa shape index (κ2) is 6.21. The van der Waals surface area contributed by atoms with Crippen molar-refractivity contribution in [2.24, 2.45) is 0 Å². The minimum atomic E-state index is -3.54. The van der Waals surface area contributed by atoms with E-state index >= 15 is 0 Å². The molecule has 0 unspecified atom stereocenters. The molecule has 0 bridgehead atoms. The lowest BCUT2D eigenvalue weighted by molar-refractivity contribution is 0.581. The van der Waals surface area contributed by atoms with Gasteiger partial charge < -0.3 is 0 Å². The number of hydrogen-bond acceptors (Lipinski definition) is 2. The van der Waals surface area contributed by atoms with Gasteiger partial charge in [-0.1, -0.05) is 27.5 Å². The molecule has 0 radical (unpaired) electrons. The maximum Gasteiger partial charge on any atom is 0.242 e. The van der Waals surface area contributed by atoms with Gasteiger partial charge in [-0.2, -0.15) is 0 Å². The topological polar surface area (TPSA) is 46.2 Å². The Balaban J connectivity index is 2.90. The molecule has 0 atom stereocenters. The molecule has 0 fully saturated rings. The molecule has 3 nitrogen and oxygen atoms in total. The normalized spacial score (nSPS) is 11.7. The van der Waals surface area contributed by atoms with E-state index in [0.29, 0.717) is 18.8 Å². The van der Waals surface area contributed by atoms with E-state index in [-0.39, 0.29) is 9.92 Å². The summed E-state index contributed by atoms with van der Waals surface area (Å²) < 4.78 is 26.7. The fraction of sp³-hybridized carbons (Fsp3) is 0.333. The van der Waals surface area contributed by atoms with Crippen LogP contribution in [0.5, 0.6) is 0 Å². The second-order valence-corrected chi connectivity index (χ2v) is 6.45. The highest BCUT2D eigenvalue weighted by atomic mass is 79.9. The zero-order valence-electron chi connectivity index (χ0n) is 8.21. The molecular formula is C9H10BrCl2NO2S. The van der Waals surface area contributed by atoms with Gasteiger partial charge in [-0.25, -0.2) is 13.1 Å². The van der Waals surface area contributed by atoms with Crippen LogP contribution in [-0.4, -0.2) is 20.8 Å². The zero-order chi connectivity index (χ0) is 12.2. The molecule has 1 rings (SSSR count). The Morgan fingerprint density at radius 3 is 2.62 bits per heavy atom. The van der Waals surface area contributed by atoms with Crippen molar-refractivity contribution in [2.75, 3.05) is 12.4 Å². The van der Waals surface area contributed by atoms with Crippen LogP contribution >= 0.6 is 39.1 Å². The SMILES string of the molecule is O=S(=O)(NCCCCl)c1ccc(Br)cc1Cl. The molecule has 0 saturated carbocycles. The average Bonchev–Trinajstić information content (AvgIpc) is 2.17. The summed E-state index contributed by atoms with van der Waals surface area (Å²) in [5, 5.41) is 0.188. The van der Waals surface area contributed by atoms with Crippen LogP contribution in [0.15, 0.2) is 27.6 Å². The standard InChI is InChI=1S/C9H10BrCl2NO2S/c10-7-2-3-9(8(12)6-7)16(14,15)13-5-1-4-11/h2-3,6,13H,1,4-5H2. The number of halogens is 3. The molecule has 0 saturated heterocycles. The van der Waals surface area contributed by atoms with Gasteiger partial charge in [-0.15, -0.1) is 11.6 Å². The maximum absolute atomic E-state index is 11.8. The summed E-state index contributed by atoms with van der Waals surface area (Å²) in [4.78, 5) is 0.0759. The molecule has 1 aromatic carbocycles. The molecule has 0 spiro atoms. The average molecular weight is 347 g/mol. The molecule has 0 heterocycles. The molecule has 16 heavy (non-hydrogen) atoms. The minimum absolute atomic E-state index is 0.0759. The van der Waals surface area contributed by atoms with Crippen molar-refractivity contribution in [1.82, 2.24) is 4.72 Å². The molecule has 1 N–H and O–H groups in total. The number of alkyl halides is 1. The summed E-state index contributed by atoms with van der Waals surface area (Å²) in [6, 6.07) is 4.62. The molecule has 0 aromatic heterocycles. The highest BCUT2D eigenvalue weighted by Crippen LogP contribution is 2.24. The fourth-order valence-corrected chi connectivity index (χ4v) is 3.29. The van der Waals surface area contributed by atoms with Gasteiger partial charge in [-0.3, -0.25) is 0 Å². The van der Waals surface area contributed by atoms with Gasteiger partial charge in [0, 0.05) is 16.9 Å². The lowest BCUT2D eigenvalue weighted by atomic mass is 10.4. The van der Waals surface area contributed by atoms with E-state index in [9.17, 15) is 8.42 Å². The molecular weight excluding hydrogens is 337 g/mol. The first-order valence-corrected chi connectivity index (χ1v) is 7.67.